The van der Waals surface area contributed by atoms with Gasteiger partial charge in [-0.25, -0.2) is 0 Å². The average molecular weight is 232 g/mol. The highest BCUT2D eigenvalue weighted by Gasteiger charge is 2.26. The molecule has 1 amide bonds. The molecule has 0 bridgehead atoms. The molecule has 3 nitrogen and oxygen atoms in total. The molecular formula is C14H20N2O. The zero-order valence-corrected chi connectivity index (χ0v) is 10.5. The van der Waals surface area contributed by atoms with Crippen LogP contribution in [-0.4, -0.2) is 23.9 Å². The van der Waals surface area contributed by atoms with E-state index in [1.165, 1.54) is 6.42 Å². The fraction of sp³-hybridized carbons (Fsp3) is 0.714. The van der Waals surface area contributed by atoms with Gasteiger partial charge >= 0.3 is 0 Å². The van der Waals surface area contributed by atoms with Crippen LogP contribution in [0.5, 0.6) is 0 Å². The number of nitriles is 1. The second kappa shape index (κ2) is 5.35. The molecule has 2 fully saturated rings. The Morgan fingerprint density at radius 1 is 1.35 bits per heavy atom. The van der Waals surface area contributed by atoms with Gasteiger partial charge in [-0.2, -0.15) is 5.26 Å². The summed E-state index contributed by atoms with van der Waals surface area (Å²) in [7, 11) is 0. The molecule has 1 aliphatic carbocycles. The number of carbonyl (C=O) groups excluding carboxylic acids is 1. The zero-order chi connectivity index (χ0) is 12.3. The molecule has 2 rings (SSSR count). The van der Waals surface area contributed by atoms with Gasteiger partial charge in [0.15, 0.2) is 0 Å². The van der Waals surface area contributed by atoms with Gasteiger partial charge in [-0.1, -0.05) is 19.4 Å². The summed E-state index contributed by atoms with van der Waals surface area (Å²) in [5.41, 5.74) is 0.363. The monoisotopic (exact) mass is 232 g/mol. The summed E-state index contributed by atoms with van der Waals surface area (Å²) in [5, 5.41) is 9.04. The van der Waals surface area contributed by atoms with Crippen LogP contribution >= 0.6 is 0 Å². The first-order valence-corrected chi connectivity index (χ1v) is 6.65. The van der Waals surface area contributed by atoms with Crippen LogP contribution in [-0.2, 0) is 4.79 Å². The second-order valence-electron chi connectivity index (χ2n) is 5.17. The van der Waals surface area contributed by atoms with E-state index in [0.717, 1.165) is 44.7 Å². The molecule has 0 aromatic heterocycles. The fourth-order valence-corrected chi connectivity index (χ4v) is 2.37. The third kappa shape index (κ3) is 3.09. The molecule has 2 aliphatic rings. The van der Waals surface area contributed by atoms with Crippen LogP contribution in [0.2, 0.25) is 0 Å². The van der Waals surface area contributed by atoms with E-state index in [2.05, 4.69) is 13.0 Å². The van der Waals surface area contributed by atoms with E-state index >= 15 is 0 Å². The number of nitrogens with zero attached hydrogens (tertiary/aromatic N) is 2. The van der Waals surface area contributed by atoms with Crippen LogP contribution < -0.4 is 0 Å². The summed E-state index contributed by atoms with van der Waals surface area (Å²) in [6.07, 6.45) is 7.51. The summed E-state index contributed by atoms with van der Waals surface area (Å²) in [6, 6.07) is 2.07. The Kier molecular flexibility index (Phi) is 3.83. The Morgan fingerprint density at radius 2 is 2.00 bits per heavy atom. The highest BCUT2D eigenvalue weighted by molar-refractivity contribution is 5.97. The molecule has 1 aliphatic heterocycles. The lowest BCUT2D eigenvalue weighted by Crippen LogP contribution is -2.39. The Balaban J connectivity index is 1.93. The van der Waals surface area contributed by atoms with E-state index in [0.29, 0.717) is 11.5 Å². The topological polar surface area (TPSA) is 44.1 Å². The molecular weight excluding hydrogens is 212 g/mol. The second-order valence-corrected chi connectivity index (χ2v) is 5.17. The molecule has 0 radical (unpaired) electrons. The van der Waals surface area contributed by atoms with Crippen molar-refractivity contribution in [2.24, 2.45) is 11.8 Å². The molecule has 1 heterocycles. The fourth-order valence-electron chi connectivity index (χ4n) is 2.37. The molecule has 0 unspecified atom stereocenters. The van der Waals surface area contributed by atoms with Crippen molar-refractivity contribution in [2.45, 2.75) is 39.0 Å². The summed E-state index contributed by atoms with van der Waals surface area (Å²) in [5.74, 6) is 1.20. The van der Waals surface area contributed by atoms with Gasteiger partial charge in [-0.3, -0.25) is 4.79 Å². The standard InChI is InChI=1S/C14H20N2O/c1-2-11-5-7-16(8-6-11)14(17)13(10-15)9-12-3-4-12/h9,11-12H,2-8H2,1H3/b13-9-. The summed E-state index contributed by atoms with van der Waals surface area (Å²) < 4.78 is 0. The first-order chi connectivity index (χ1) is 8.24. The zero-order valence-electron chi connectivity index (χ0n) is 10.5. The van der Waals surface area contributed by atoms with Crippen molar-refractivity contribution in [1.82, 2.24) is 4.90 Å². The highest BCUT2D eigenvalue weighted by Crippen LogP contribution is 2.31. The molecule has 0 spiro atoms. The van der Waals surface area contributed by atoms with E-state index < -0.39 is 0 Å². The van der Waals surface area contributed by atoms with Gasteiger partial charge in [-0.05, 0) is 37.5 Å². The lowest BCUT2D eigenvalue weighted by atomic mass is 9.94. The maximum absolute atomic E-state index is 12.1. The van der Waals surface area contributed by atoms with Gasteiger partial charge in [0.25, 0.3) is 5.91 Å². The molecule has 1 saturated heterocycles. The van der Waals surface area contributed by atoms with Crippen LogP contribution in [0.3, 0.4) is 0 Å². The first kappa shape index (κ1) is 12.2. The number of amides is 1. The minimum Gasteiger partial charge on any atom is -0.338 e. The van der Waals surface area contributed by atoms with E-state index in [1.807, 2.05) is 11.0 Å². The Hall–Kier alpha value is -1.30. The van der Waals surface area contributed by atoms with Crippen molar-refractivity contribution in [2.75, 3.05) is 13.1 Å². The van der Waals surface area contributed by atoms with E-state index in [4.69, 9.17) is 5.26 Å². The van der Waals surface area contributed by atoms with Crippen molar-refractivity contribution in [3.05, 3.63) is 11.6 Å². The molecule has 92 valence electrons. The lowest BCUT2D eigenvalue weighted by molar-refractivity contribution is -0.128. The Labute approximate surface area is 103 Å². The van der Waals surface area contributed by atoms with Gasteiger partial charge in [0, 0.05) is 13.1 Å². The van der Waals surface area contributed by atoms with Crippen LogP contribution in [0.1, 0.15) is 39.0 Å². The van der Waals surface area contributed by atoms with Gasteiger partial charge in [-0.15, -0.1) is 0 Å². The number of piperidine rings is 1. The van der Waals surface area contributed by atoms with E-state index in [-0.39, 0.29) is 5.91 Å². The predicted molar refractivity (Wildman–Crippen MR) is 66.0 cm³/mol. The van der Waals surface area contributed by atoms with E-state index in [1.54, 1.807) is 0 Å². The van der Waals surface area contributed by atoms with Crippen LogP contribution in [0.15, 0.2) is 11.6 Å². The van der Waals surface area contributed by atoms with E-state index in [9.17, 15) is 4.79 Å². The van der Waals surface area contributed by atoms with Crippen molar-refractivity contribution in [1.29, 1.82) is 5.26 Å². The smallest absolute Gasteiger partial charge is 0.264 e. The molecule has 17 heavy (non-hydrogen) atoms. The van der Waals surface area contributed by atoms with Crippen molar-refractivity contribution in [3.63, 3.8) is 0 Å². The van der Waals surface area contributed by atoms with Crippen molar-refractivity contribution in [3.8, 4) is 6.07 Å². The molecule has 3 heteroatoms. The van der Waals surface area contributed by atoms with Crippen LogP contribution in [0, 0.1) is 23.2 Å². The highest BCUT2D eigenvalue weighted by atomic mass is 16.2. The number of likely N-dealkylation sites (tertiary alicyclic amines) is 1. The minimum absolute atomic E-state index is 0.0473. The first-order valence-electron chi connectivity index (χ1n) is 6.65. The molecule has 0 atom stereocenters. The van der Waals surface area contributed by atoms with Crippen molar-refractivity contribution < 1.29 is 4.79 Å². The maximum Gasteiger partial charge on any atom is 0.264 e. The predicted octanol–water partition coefficient (Wildman–Crippen LogP) is 2.49. The third-order valence-electron chi connectivity index (χ3n) is 3.85. The van der Waals surface area contributed by atoms with Gasteiger partial charge in [0.2, 0.25) is 0 Å². The normalized spacial score (nSPS) is 22.4. The number of allylic oxidation sites excluding steroid dienone is 1. The summed E-state index contributed by atoms with van der Waals surface area (Å²) in [4.78, 5) is 14.0. The largest absolute Gasteiger partial charge is 0.338 e. The number of hydrogen-bond acceptors (Lipinski definition) is 2. The maximum atomic E-state index is 12.1. The van der Waals surface area contributed by atoms with Gasteiger partial charge in [0.1, 0.15) is 11.6 Å². The third-order valence-corrected chi connectivity index (χ3v) is 3.85. The summed E-state index contributed by atoms with van der Waals surface area (Å²) in [6.45, 7) is 3.85. The van der Waals surface area contributed by atoms with Gasteiger partial charge < -0.3 is 4.90 Å². The summed E-state index contributed by atoms with van der Waals surface area (Å²) >= 11 is 0. The Bertz CT molecular complexity index is 355. The SMILES string of the molecule is CCC1CCN(C(=O)/C(C#N)=C\C2CC2)CC1. The van der Waals surface area contributed by atoms with Crippen LogP contribution in [0.4, 0.5) is 0 Å². The van der Waals surface area contributed by atoms with Gasteiger partial charge in [0.05, 0.1) is 0 Å². The number of hydrogen-bond donors (Lipinski definition) is 0. The quantitative estimate of drug-likeness (QED) is 0.554. The minimum atomic E-state index is -0.0473. The number of rotatable bonds is 3. The lowest BCUT2D eigenvalue weighted by Gasteiger charge is -2.31. The average Bonchev–Trinajstić information content (AvgIpc) is 3.19. The number of carbonyl (C=O) groups is 1. The van der Waals surface area contributed by atoms with Crippen molar-refractivity contribution >= 4 is 5.91 Å². The molecule has 0 aromatic rings. The molecule has 0 aromatic carbocycles. The Morgan fingerprint density at radius 3 is 2.47 bits per heavy atom. The van der Waals surface area contributed by atoms with Crippen LogP contribution in [0.25, 0.3) is 0 Å². The molecule has 0 N–H and O–H groups in total. The molecule has 1 saturated carbocycles.